The lowest BCUT2D eigenvalue weighted by atomic mass is 9.81. The van der Waals surface area contributed by atoms with Crippen molar-refractivity contribution in [1.82, 2.24) is 31.1 Å². The van der Waals surface area contributed by atoms with Crippen LogP contribution >= 0.6 is 0 Å². The summed E-state index contributed by atoms with van der Waals surface area (Å²) >= 11 is 0. The summed E-state index contributed by atoms with van der Waals surface area (Å²) in [4.78, 5) is 110. The Bertz CT molecular complexity index is 1270. The van der Waals surface area contributed by atoms with E-state index in [0.717, 1.165) is 4.90 Å². The molecule has 0 saturated heterocycles. The average molecular weight is 741 g/mol. The van der Waals surface area contributed by atoms with Gasteiger partial charge in [0.25, 0.3) is 0 Å². The summed E-state index contributed by atoms with van der Waals surface area (Å²) in [6, 6.07) is -1.97. The van der Waals surface area contributed by atoms with Crippen molar-refractivity contribution in [2.45, 2.75) is 89.6 Å². The van der Waals surface area contributed by atoms with E-state index < -0.39 is 66.0 Å². The molecule has 52 heavy (non-hydrogen) atoms. The molecule has 1 aliphatic carbocycles. The second kappa shape index (κ2) is 23.6. The quantitative estimate of drug-likeness (QED) is 0.0494. The minimum atomic E-state index is -1.14. The Morgan fingerprint density at radius 3 is 1.96 bits per heavy atom. The van der Waals surface area contributed by atoms with Gasteiger partial charge < -0.3 is 52.7 Å². The molecular weight excluding hydrogens is 684 g/mol. The first-order valence-electron chi connectivity index (χ1n) is 17.5. The Morgan fingerprint density at radius 1 is 0.769 bits per heavy atom. The highest BCUT2D eigenvalue weighted by Gasteiger charge is 2.29. The van der Waals surface area contributed by atoms with Crippen LogP contribution in [0, 0.1) is 17.8 Å². The van der Waals surface area contributed by atoms with Crippen LogP contribution in [0.25, 0.3) is 0 Å². The summed E-state index contributed by atoms with van der Waals surface area (Å²) in [5.74, 6) is -6.65. The molecule has 1 saturated carbocycles. The highest BCUT2D eigenvalue weighted by atomic mass is 16.4. The Balaban J connectivity index is 2.36. The van der Waals surface area contributed by atoms with Crippen molar-refractivity contribution >= 4 is 53.3 Å². The van der Waals surface area contributed by atoms with E-state index in [9.17, 15) is 48.3 Å². The van der Waals surface area contributed by atoms with Crippen molar-refractivity contribution in [3.8, 4) is 0 Å². The predicted molar refractivity (Wildman–Crippen MR) is 186 cm³/mol. The number of nitrogens with one attached hydrogen (secondary N) is 4. The van der Waals surface area contributed by atoms with E-state index in [1.807, 2.05) is 0 Å². The van der Waals surface area contributed by atoms with Crippen molar-refractivity contribution < 1.29 is 53.4 Å². The van der Waals surface area contributed by atoms with E-state index in [1.165, 1.54) is 18.9 Å². The molecule has 1 aliphatic rings. The number of nitrogens with two attached hydrogens (primary N) is 2. The van der Waals surface area contributed by atoms with Crippen LogP contribution in [0.4, 0.5) is 0 Å². The monoisotopic (exact) mass is 740 g/mol. The molecule has 3 atom stereocenters. The molecule has 0 aromatic carbocycles. The van der Waals surface area contributed by atoms with E-state index >= 15 is 0 Å². The van der Waals surface area contributed by atoms with Crippen molar-refractivity contribution in [2.75, 3.05) is 46.8 Å². The van der Waals surface area contributed by atoms with Gasteiger partial charge in [-0.2, -0.15) is 0 Å². The van der Waals surface area contributed by atoms with Gasteiger partial charge in [0.1, 0.15) is 12.1 Å². The SMILES string of the molecule is C[C@@H](C(=O)O)N(C)C(=O)CCC[C@H](CC(=O)N(C)CC1CCC(C(=O)NCCCCC(NC(=O)CNC(=O)CNC(=O)CN)C(N)=O)CC1)C(=O)O. The summed E-state index contributed by atoms with van der Waals surface area (Å²) < 4.78 is 0. The van der Waals surface area contributed by atoms with Gasteiger partial charge in [-0.1, -0.05) is 0 Å². The molecule has 1 fully saturated rings. The number of carboxylic acids is 2. The number of carbonyl (C=O) groups excluding carboxylic acids is 7. The third kappa shape index (κ3) is 17.4. The first-order valence-corrected chi connectivity index (χ1v) is 17.5. The molecule has 0 heterocycles. The van der Waals surface area contributed by atoms with Gasteiger partial charge >= 0.3 is 11.9 Å². The van der Waals surface area contributed by atoms with E-state index in [2.05, 4.69) is 21.3 Å². The Hall–Kier alpha value is -4.81. The van der Waals surface area contributed by atoms with Crippen molar-refractivity contribution in [3.63, 3.8) is 0 Å². The van der Waals surface area contributed by atoms with Gasteiger partial charge in [-0.25, -0.2) is 4.79 Å². The lowest BCUT2D eigenvalue weighted by Gasteiger charge is -2.31. The molecule has 7 amide bonds. The fourth-order valence-corrected chi connectivity index (χ4v) is 5.69. The van der Waals surface area contributed by atoms with E-state index in [1.54, 1.807) is 7.05 Å². The normalized spacial score (nSPS) is 17.0. The Morgan fingerprint density at radius 2 is 1.38 bits per heavy atom. The summed E-state index contributed by atoms with van der Waals surface area (Å²) in [5.41, 5.74) is 10.5. The third-order valence-corrected chi connectivity index (χ3v) is 9.20. The molecule has 0 aliphatic heterocycles. The minimum Gasteiger partial charge on any atom is -0.481 e. The van der Waals surface area contributed by atoms with Gasteiger partial charge in [0.15, 0.2) is 0 Å². The van der Waals surface area contributed by atoms with E-state index in [4.69, 9.17) is 16.6 Å². The van der Waals surface area contributed by atoms with Gasteiger partial charge in [-0.05, 0) is 70.6 Å². The topological polar surface area (TPSA) is 301 Å². The van der Waals surface area contributed by atoms with Gasteiger partial charge in [0.2, 0.25) is 41.4 Å². The van der Waals surface area contributed by atoms with Crippen LogP contribution in [0.1, 0.15) is 77.6 Å². The molecular formula is C33H56N8O11. The molecule has 19 nitrogen and oxygen atoms in total. The maximum Gasteiger partial charge on any atom is 0.326 e. The molecule has 19 heteroatoms. The number of unbranched alkanes of at least 4 members (excludes halogenated alkanes) is 1. The number of amides is 7. The Kier molecular flexibility index (Phi) is 20.5. The van der Waals surface area contributed by atoms with Gasteiger partial charge in [-0.15, -0.1) is 0 Å². The fourth-order valence-electron chi connectivity index (χ4n) is 5.69. The highest BCUT2D eigenvalue weighted by Crippen LogP contribution is 2.30. The fraction of sp³-hybridized carbons (Fsp3) is 0.727. The first-order chi connectivity index (χ1) is 24.5. The number of primary amides is 1. The minimum absolute atomic E-state index is 0.0285. The lowest BCUT2D eigenvalue weighted by molar-refractivity contribution is -0.148. The largest absolute Gasteiger partial charge is 0.481 e. The average Bonchev–Trinajstić information content (AvgIpc) is 3.10. The van der Waals surface area contributed by atoms with Crippen molar-refractivity contribution in [3.05, 3.63) is 0 Å². The van der Waals surface area contributed by atoms with Crippen LogP contribution in [0.2, 0.25) is 0 Å². The van der Waals surface area contributed by atoms with Crippen LogP contribution in [0.5, 0.6) is 0 Å². The standard InChI is InChI=1S/C33H56N8O11/c1-20(32(49)50)41(3)28(45)9-6-7-23(33(51)52)15-29(46)40(2)19-21-10-12-22(13-11-21)31(48)36-14-5-4-8-24(30(35)47)39-27(44)18-38-26(43)17-37-25(42)16-34/h20-24H,4-19,34H2,1-3H3,(H2,35,47)(H,36,48)(H,37,42)(H,38,43)(H,39,44)(H,49,50)(H,51,52)/t20-,21?,22?,23+,24?/m0/s1. The maximum atomic E-state index is 12.9. The molecule has 0 bridgehead atoms. The summed E-state index contributed by atoms with van der Waals surface area (Å²) in [7, 11) is 2.99. The van der Waals surface area contributed by atoms with Crippen LogP contribution in [0.3, 0.4) is 0 Å². The number of nitrogens with zero attached hydrogens (tertiary/aromatic N) is 2. The van der Waals surface area contributed by atoms with Crippen LogP contribution < -0.4 is 32.7 Å². The first kappa shape index (κ1) is 45.2. The lowest BCUT2D eigenvalue weighted by Crippen LogP contribution is -2.49. The zero-order chi connectivity index (χ0) is 39.4. The Labute approximate surface area is 303 Å². The van der Waals surface area contributed by atoms with Crippen LogP contribution in [-0.4, -0.2) is 132 Å². The predicted octanol–water partition coefficient (Wildman–Crippen LogP) is -2.11. The van der Waals surface area contributed by atoms with Gasteiger partial charge in [0, 0.05) is 45.9 Å². The molecule has 1 unspecified atom stereocenters. The molecule has 0 spiro atoms. The van der Waals surface area contributed by atoms with Crippen LogP contribution in [-0.2, 0) is 43.2 Å². The van der Waals surface area contributed by atoms with Crippen LogP contribution in [0.15, 0.2) is 0 Å². The zero-order valence-corrected chi connectivity index (χ0v) is 30.3. The summed E-state index contributed by atoms with van der Waals surface area (Å²) in [6.07, 6.45) is 3.97. The summed E-state index contributed by atoms with van der Waals surface area (Å²) in [5, 5.41) is 28.6. The number of aliphatic carboxylic acids is 2. The molecule has 0 radical (unpaired) electrons. The van der Waals surface area contributed by atoms with Gasteiger partial charge in [-0.3, -0.25) is 38.4 Å². The van der Waals surface area contributed by atoms with Crippen molar-refractivity contribution in [1.29, 1.82) is 0 Å². The summed E-state index contributed by atoms with van der Waals surface area (Å²) in [6.45, 7) is 1.11. The second-order valence-corrected chi connectivity index (χ2v) is 13.2. The van der Waals surface area contributed by atoms with Gasteiger partial charge in [0.05, 0.1) is 25.6 Å². The number of carboxylic acid groups (broad SMARTS) is 2. The highest BCUT2D eigenvalue weighted by molar-refractivity contribution is 5.91. The zero-order valence-electron chi connectivity index (χ0n) is 30.3. The number of likely N-dealkylation sites (N-methyl/N-ethyl adjacent to an activating group) is 1. The third-order valence-electron chi connectivity index (χ3n) is 9.20. The number of hydrogen-bond donors (Lipinski definition) is 8. The number of carbonyl (C=O) groups is 9. The number of hydrogen-bond acceptors (Lipinski definition) is 10. The van der Waals surface area contributed by atoms with Crippen molar-refractivity contribution in [2.24, 2.45) is 29.2 Å². The second-order valence-electron chi connectivity index (χ2n) is 13.2. The smallest absolute Gasteiger partial charge is 0.326 e. The molecule has 1 rings (SSSR count). The molecule has 0 aromatic heterocycles. The molecule has 0 aromatic rings. The molecule has 10 N–H and O–H groups in total. The van der Waals surface area contributed by atoms with E-state index in [-0.39, 0.29) is 68.8 Å². The maximum absolute atomic E-state index is 12.9. The van der Waals surface area contributed by atoms with E-state index in [0.29, 0.717) is 51.6 Å². The molecule has 294 valence electrons. The number of rotatable bonds is 24.